The van der Waals surface area contributed by atoms with Crippen molar-refractivity contribution in [3.63, 3.8) is 0 Å². The van der Waals surface area contributed by atoms with Crippen molar-refractivity contribution in [3.8, 4) is 5.75 Å². The molecule has 3 rings (SSSR count). The largest absolute Gasteiger partial charge is 0.573 e. The summed E-state index contributed by atoms with van der Waals surface area (Å²) in [6, 6.07) is 3.17. The van der Waals surface area contributed by atoms with E-state index in [0.29, 0.717) is 12.1 Å². The Hall–Kier alpha value is -2.84. The first-order valence-corrected chi connectivity index (χ1v) is 11.2. The van der Waals surface area contributed by atoms with Crippen molar-refractivity contribution in [1.29, 1.82) is 0 Å². The number of hydrogen-bond donors (Lipinski definition) is 1. The first-order chi connectivity index (χ1) is 15.5. The molecule has 1 heterocycles. The van der Waals surface area contributed by atoms with E-state index in [1.165, 1.54) is 0 Å². The first-order valence-electron chi connectivity index (χ1n) is 9.73. The number of carbonyl (C=O) groups is 1. The van der Waals surface area contributed by atoms with Crippen molar-refractivity contribution in [2.24, 2.45) is 7.05 Å². The van der Waals surface area contributed by atoms with Crippen molar-refractivity contribution in [1.82, 2.24) is 15.1 Å². The van der Waals surface area contributed by atoms with Gasteiger partial charge in [0.1, 0.15) is 11.4 Å². The second-order valence-corrected chi connectivity index (χ2v) is 9.90. The van der Waals surface area contributed by atoms with Gasteiger partial charge >= 0.3 is 12.5 Å². The summed E-state index contributed by atoms with van der Waals surface area (Å²) in [6.07, 6.45) is -11.4. The minimum Gasteiger partial charge on any atom is -0.406 e. The summed E-state index contributed by atoms with van der Waals surface area (Å²) in [4.78, 5) is 11.6. The molecule has 7 nitrogen and oxygen atoms in total. The van der Waals surface area contributed by atoms with Crippen LogP contribution >= 0.6 is 0 Å². The van der Waals surface area contributed by atoms with Crippen molar-refractivity contribution < 1.29 is 48.7 Å². The zero-order chi connectivity index (χ0) is 25.5. The number of rotatable bonds is 5. The van der Waals surface area contributed by atoms with E-state index < -0.39 is 74.2 Å². The highest BCUT2D eigenvalue weighted by atomic mass is 32.2. The van der Waals surface area contributed by atoms with Crippen molar-refractivity contribution in [2.45, 2.75) is 54.2 Å². The quantitative estimate of drug-likeness (QED) is 0.602. The molecule has 15 heteroatoms. The number of ether oxygens (including phenoxy) is 1. The lowest BCUT2D eigenvalue weighted by Gasteiger charge is -2.33. The molecule has 0 atom stereocenters. The normalized spacial score (nSPS) is 21.8. The molecule has 1 amide bonds. The molecule has 1 aromatic heterocycles. The number of carbonyl (C=O) groups excluding carboxylic acids is 1. The van der Waals surface area contributed by atoms with Crippen LogP contribution < -0.4 is 10.1 Å². The van der Waals surface area contributed by atoms with Gasteiger partial charge in [0.2, 0.25) is 14.8 Å². The maximum atomic E-state index is 15.4. The van der Waals surface area contributed by atoms with Gasteiger partial charge in [0.15, 0.2) is 5.69 Å². The number of nitrogens with zero attached hydrogens (tertiary/aromatic N) is 2. The van der Waals surface area contributed by atoms with Crippen LogP contribution in [-0.4, -0.2) is 41.5 Å². The number of hydrogen-bond acceptors (Lipinski definition) is 5. The van der Waals surface area contributed by atoms with Gasteiger partial charge in [-0.2, -0.15) is 18.3 Å². The third kappa shape index (κ3) is 5.45. The number of aryl methyl sites for hydroxylation is 1. The van der Waals surface area contributed by atoms with Gasteiger partial charge in [-0.15, -0.1) is 13.2 Å². The topological polar surface area (TPSA) is 90.3 Å². The van der Waals surface area contributed by atoms with E-state index >= 15 is 4.39 Å². The summed E-state index contributed by atoms with van der Waals surface area (Å²) in [5, 5.41) is 2.84. The van der Waals surface area contributed by atoms with Gasteiger partial charge in [-0.1, -0.05) is 6.07 Å². The average Bonchev–Trinajstić information content (AvgIpc) is 3.11. The third-order valence-electron chi connectivity index (χ3n) is 5.30. The van der Waals surface area contributed by atoms with Crippen LogP contribution in [0.3, 0.4) is 0 Å². The highest BCUT2D eigenvalue weighted by Gasteiger charge is 2.48. The zero-order valence-electron chi connectivity index (χ0n) is 17.4. The monoisotopic (exact) mass is 517 g/mol. The number of nitrogens with one attached hydrogen (secondary N) is 1. The smallest absolute Gasteiger partial charge is 0.406 e. The van der Waals surface area contributed by atoms with Crippen molar-refractivity contribution >= 4 is 15.7 Å². The summed E-state index contributed by atoms with van der Waals surface area (Å²) in [5.41, 5.74) is -1.66. The molecule has 1 N–H and O–H groups in total. The molecule has 1 aliphatic rings. The van der Waals surface area contributed by atoms with Gasteiger partial charge in [0.05, 0.1) is 4.90 Å². The Morgan fingerprint density at radius 3 is 2.29 bits per heavy atom. The molecular weight excluding hydrogens is 499 g/mol. The van der Waals surface area contributed by atoms with Crippen LogP contribution in [0.2, 0.25) is 0 Å². The lowest BCUT2D eigenvalue weighted by molar-refractivity contribution is -0.274. The Balaban J connectivity index is 1.69. The number of alkyl halides is 7. The molecule has 1 saturated carbocycles. The first kappa shape index (κ1) is 25.8. The highest BCUT2D eigenvalue weighted by Crippen LogP contribution is 2.41. The second-order valence-electron chi connectivity index (χ2n) is 7.69. The van der Waals surface area contributed by atoms with Crippen LogP contribution in [0.25, 0.3) is 0 Å². The van der Waals surface area contributed by atoms with Gasteiger partial charge in [-0.25, -0.2) is 12.8 Å². The zero-order valence-corrected chi connectivity index (χ0v) is 18.2. The van der Waals surface area contributed by atoms with Crippen LogP contribution in [0.15, 0.2) is 35.2 Å². The van der Waals surface area contributed by atoms with Gasteiger partial charge in [0.25, 0.3) is 5.91 Å². The highest BCUT2D eigenvalue weighted by molar-refractivity contribution is 7.92. The van der Waals surface area contributed by atoms with E-state index in [-0.39, 0.29) is 12.8 Å². The fraction of sp³-hybridized carbons (Fsp3) is 0.474. The molecule has 0 radical (unpaired) electrons. The summed E-state index contributed by atoms with van der Waals surface area (Å²) >= 11 is 0. The number of amides is 1. The van der Waals surface area contributed by atoms with Gasteiger partial charge in [-0.3, -0.25) is 9.48 Å². The number of aromatic nitrogens is 2. The molecule has 1 aromatic carbocycles. The Morgan fingerprint density at radius 2 is 1.76 bits per heavy atom. The molecule has 1 aliphatic carbocycles. The third-order valence-corrected chi connectivity index (χ3v) is 7.55. The summed E-state index contributed by atoms with van der Waals surface area (Å²) in [6.45, 7) is 0. The molecule has 188 valence electrons. The summed E-state index contributed by atoms with van der Waals surface area (Å²) in [5.74, 6) is -1.73. The summed E-state index contributed by atoms with van der Waals surface area (Å²) < 4.78 is 121. The SMILES string of the molecule is Cn1nc(C(F)(F)F)cc1C(=O)N[C@H]1CC[C@@](F)(S(=O)(=O)c2cccc(OC(F)(F)F)c2)CC1. The lowest BCUT2D eigenvalue weighted by atomic mass is 9.93. The number of halogens is 7. The maximum Gasteiger partial charge on any atom is 0.573 e. The van der Waals surface area contributed by atoms with Crippen LogP contribution in [0, 0.1) is 0 Å². The van der Waals surface area contributed by atoms with Crippen LogP contribution in [0.4, 0.5) is 30.7 Å². The van der Waals surface area contributed by atoms with Gasteiger partial charge in [-0.05, 0) is 43.9 Å². The average molecular weight is 517 g/mol. The van der Waals surface area contributed by atoms with Crippen LogP contribution in [0.5, 0.6) is 5.75 Å². The Kier molecular flexibility index (Phi) is 6.63. The minimum atomic E-state index is -5.07. The van der Waals surface area contributed by atoms with E-state index in [2.05, 4.69) is 15.2 Å². The van der Waals surface area contributed by atoms with Crippen molar-refractivity contribution in [2.75, 3.05) is 0 Å². The Morgan fingerprint density at radius 1 is 1.15 bits per heavy atom. The molecular formula is C19H18F7N3O4S. The summed E-state index contributed by atoms with van der Waals surface area (Å²) in [7, 11) is -3.59. The van der Waals surface area contributed by atoms with E-state index in [0.717, 1.165) is 29.9 Å². The predicted molar refractivity (Wildman–Crippen MR) is 102 cm³/mol. The fourth-order valence-electron chi connectivity index (χ4n) is 3.59. The molecule has 0 spiro atoms. The lowest BCUT2D eigenvalue weighted by Crippen LogP contribution is -2.45. The van der Waals surface area contributed by atoms with E-state index in [4.69, 9.17) is 0 Å². The molecule has 0 unspecified atom stereocenters. The molecule has 34 heavy (non-hydrogen) atoms. The number of benzene rings is 1. The van der Waals surface area contributed by atoms with Crippen molar-refractivity contribution in [3.05, 3.63) is 41.7 Å². The molecule has 0 saturated heterocycles. The van der Waals surface area contributed by atoms with E-state index in [1.807, 2.05) is 0 Å². The van der Waals surface area contributed by atoms with Gasteiger partial charge in [0, 0.05) is 19.2 Å². The molecule has 0 aliphatic heterocycles. The number of sulfone groups is 1. The molecule has 2 aromatic rings. The van der Waals surface area contributed by atoms with Gasteiger partial charge < -0.3 is 10.1 Å². The second kappa shape index (κ2) is 8.74. The predicted octanol–water partition coefficient (Wildman–Crippen LogP) is 4.15. The maximum absolute atomic E-state index is 15.4. The van der Waals surface area contributed by atoms with Crippen LogP contribution in [0.1, 0.15) is 41.9 Å². The van der Waals surface area contributed by atoms with E-state index in [1.54, 1.807) is 0 Å². The molecule has 1 fully saturated rings. The standard InChI is InChI=1S/C19H18F7N3O4S/c1-29-14(10-15(28-29)18(21,22)23)16(30)27-11-5-7-17(20,8-6-11)34(31,32)13-4-2-3-12(9-13)33-19(24,25)26/h2-4,9-11H,5-8H2,1H3,(H,27,30)/t11-,17+. The Bertz CT molecular complexity index is 1170. The molecule has 0 bridgehead atoms. The van der Waals surface area contributed by atoms with E-state index in [9.17, 15) is 39.6 Å². The Labute approximate surface area is 188 Å². The fourth-order valence-corrected chi connectivity index (χ4v) is 5.31. The minimum absolute atomic E-state index is 0.176. The van der Waals surface area contributed by atoms with Crippen LogP contribution in [-0.2, 0) is 23.1 Å².